The van der Waals surface area contributed by atoms with E-state index in [9.17, 15) is 22.4 Å². The van der Waals surface area contributed by atoms with E-state index in [1.165, 1.54) is 51.6 Å². The highest BCUT2D eigenvalue weighted by atomic mass is 32.2. The molecule has 1 aliphatic rings. The molecule has 3 heterocycles. The fraction of sp³-hybridized carbons (Fsp3) is 0.318. The second kappa shape index (κ2) is 8.64. The van der Waals surface area contributed by atoms with E-state index in [0.29, 0.717) is 26.1 Å². The van der Waals surface area contributed by atoms with Gasteiger partial charge in [-0.3, -0.25) is 9.59 Å². The summed E-state index contributed by atoms with van der Waals surface area (Å²) in [4.78, 5) is 30.4. The van der Waals surface area contributed by atoms with Crippen LogP contribution >= 0.6 is 11.3 Å². The van der Waals surface area contributed by atoms with Crippen LogP contribution in [0.3, 0.4) is 0 Å². The van der Waals surface area contributed by atoms with Crippen molar-refractivity contribution < 1.29 is 31.6 Å². The van der Waals surface area contributed by atoms with Gasteiger partial charge < -0.3 is 14.9 Å². The predicted octanol–water partition coefficient (Wildman–Crippen LogP) is 2.87. The molecule has 0 saturated carbocycles. The Labute approximate surface area is 205 Å². The number of halogens is 1. The third-order valence-corrected chi connectivity index (χ3v) is 9.25. The minimum atomic E-state index is -4.56. The summed E-state index contributed by atoms with van der Waals surface area (Å²) in [5.41, 5.74) is 4.61. The minimum Gasteiger partial charge on any atom is -0.496 e. The summed E-state index contributed by atoms with van der Waals surface area (Å²) in [6.45, 7) is 4.01. The molecular weight excluding hydrogens is 499 g/mol. The quantitative estimate of drug-likeness (QED) is 0.504. The number of fused-ring (bicyclic) bond motifs is 1. The minimum absolute atomic E-state index is 0.0594. The van der Waals surface area contributed by atoms with Crippen LogP contribution in [0.1, 0.15) is 35.3 Å². The number of aromatic nitrogens is 1. The molecule has 4 rings (SSSR count). The van der Waals surface area contributed by atoms with E-state index in [4.69, 9.17) is 14.9 Å². The summed E-state index contributed by atoms with van der Waals surface area (Å²) in [6, 6.07) is 3.94. The number of methoxy groups -OCH3 is 1. The van der Waals surface area contributed by atoms with E-state index in [1.807, 2.05) is 0 Å². The third kappa shape index (κ3) is 3.93. The zero-order valence-corrected chi connectivity index (χ0v) is 21.0. The number of hydrogen-bond acceptors (Lipinski definition) is 8. The number of anilines is 1. The van der Waals surface area contributed by atoms with Crippen LogP contribution in [0.25, 0.3) is 10.8 Å². The van der Waals surface area contributed by atoms with Crippen molar-refractivity contribution in [2.75, 3.05) is 18.0 Å². The standard InChI is InChI=1S/C22H23FN4O6S2/c1-12-16-19(28)27(22(2,3)21(24)29)35(30,31)26(20(16)34-17(12)18-25-8-10-33-18)9-7-13-11-14(23)5-6-15(13)32-4/h5-6,8,10-11H,7,9H2,1-4H3,(H2,24,29). The van der Waals surface area contributed by atoms with E-state index >= 15 is 0 Å². The summed E-state index contributed by atoms with van der Waals surface area (Å²) in [5.74, 6) is -1.78. The Balaban J connectivity index is 1.88. The summed E-state index contributed by atoms with van der Waals surface area (Å²) in [7, 11) is -3.14. The van der Waals surface area contributed by atoms with Gasteiger partial charge in [-0.1, -0.05) is 0 Å². The first-order valence-electron chi connectivity index (χ1n) is 10.4. The lowest BCUT2D eigenvalue weighted by atomic mass is 10.0. The summed E-state index contributed by atoms with van der Waals surface area (Å²) >= 11 is 1.02. The van der Waals surface area contributed by atoms with Crippen LogP contribution in [-0.4, -0.2) is 48.7 Å². The van der Waals surface area contributed by atoms with Gasteiger partial charge in [-0.25, -0.2) is 18.0 Å². The van der Waals surface area contributed by atoms with Gasteiger partial charge in [-0.2, -0.15) is 8.42 Å². The van der Waals surface area contributed by atoms with Gasteiger partial charge in [-0.05, 0) is 56.5 Å². The van der Waals surface area contributed by atoms with Crippen molar-refractivity contribution in [3.8, 4) is 16.5 Å². The number of nitrogens with two attached hydrogens (primary N) is 1. The van der Waals surface area contributed by atoms with Crippen molar-refractivity contribution in [1.29, 1.82) is 0 Å². The number of thiophene rings is 1. The molecule has 0 spiro atoms. The van der Waals surface area contributed by atoms with Crippen molar-refractivity contribution in [2.24, 2.45) is 5.73 Å². The Kier molecular flexibility index (Phi) is 6.09. The lowest BCUT2D eigenvalue weighted by molar-refractivity contribution is -0.125. The summed E-state index contributed by atoms with van der Waals surface area (Å²) in [6.07, 6.45) is 2.86. The van der Waals surface area contributed by atoms with Crippen molar-refractivity contribution in [1.82, 2.24) is 9.29 Å². The second-order valence-electron chi connectivity index (χ2n) is 8.35. The SMILES string of the molecule is COc1ccc(F)cc1CCN1c2sc(-c3ncco3)c(C)c2C(=O)N(C(C)(C)C(N)=O)S1(=O)=O. The molecule has 13 heteroatoms. The van der Waals surface area contributed by atoms with Gasteiger partial charge >= 0.3 is 10.2 Å². The molecule has 0 atom stereocenters. The van der Waals surface area contributed by atoms with Gasteiger partial charge in [0.05, 0.1) is 23.7 Å². The maximum Gasteiger partial charge on any atom is 0.330 e. The molecule has 0 radical (unpaired) electrons. The molecule has 1 aliphatic heterocycles. The van der Waals surface area contributed by atoms with Crippen LogP contribution in [0.4, 0.5) is 9.39 Å². The highest BCUT2D eigenvalue weighted by Crippen LogP contribution is 2.47. The van der Waals surface area contributed by atoms with Crippen LogP contribution in [0.15, 0.2) is 35.1 Å². The highest BCUT2D eigenvalue weighted by molar-refractivity contribution is 7.91. The maximum absolute atomic E-state index is 13.9. The topological polar surface area (TPSA) is 136 Å². The van der Waals surface area contributed by atoms with Crippen LogP contribution in [0, 0.1) is 12.7 Å². The van der Waals surface area contributed by atoms with Crippen LogP contribution in [-0.2, 0) is 21.4 Å². The van der Waals surface area contributed by atoms with Crippen molar-refractivity contribution in [2.45, 2.75) is 32.7 Å². The number of rotatable bonds is 7. The van der Waals surface area contributed by atoms with E-state index in [1.54, 1.807) is 6.92 Å². The number of carbonyl (C=O) groups is 2. The zero-order chi connectivity index (χ0) is 25.7. The van der Waals surface area contributed by atoms with Crippen LogP contribution in [0.2, 0.25) is 0 Å². The molecule has 0 saturated heterocycles. The van der Waals surface area contributed by atoms with Crippen LogP contribution < -0.4 is 14.8 Å². The second-order valence-corrected chi connectivity index (χ2v) is 11.1. The summed E-state index contributed by atoms with van der Waals surface area (Å²) in [5, 5.41) is 0.146. The van der Waals surface area contributed by atoms with E-state index in [2.05, 4.69) is 4.98 Å². The maximum atomic E-state index is 13.9. The normalized spacial score (nSPS) is 15.3. The van der Waals surface area contributed by atoms with Gasteiger partial charge in [0.15, 0.2) is 0 Å². The largest absolute Gasteiger partial charge is 0.496 e. The van der Waals surface area contributed by atoms with E-state index < -0.39 is 33.4 Å². The van der Waals surface area contributed by atoms with E-state index in [-0.39, 0.29) is 29.4 Å². The number of hydrogen-bond donors (Lipinski definition) is 1. The third-order valence-electron chi connectivity index (χ3n) is 5.83. The molecule has 0 unspecified atom stereocenters. The van der Waals surface area contributed by atoms with Gasteiger partial charge in [0.1, 0.15) is 28.4 Å². The van der Waals surface area contributed by atoms with Gasteiger partial charge in [0.2, 0.25) is 11.8 Å². The fourth-order valence-electron chi connectivity index (χ4n) is 3.90. The average molecular weight is 523 g/mol. The molecule has 1 aromatic carbocycles. The zero-order valence-electron chi connectivity index (χ0n) is 19.4. The molecule has 35 heavy (non-hydrogen) atoms. The Morgan fingerprint density at radius 2 is 2.06 bits per heavy atom. The van der Waals surface area contributed by atoms with Gasteiger partial charge in [0.25, 0.3) is 5.91 Å². The van der Waals surface area contributed by atoms with Crippen molar-refractivity contribution >= 4 is 38.4 Å². The number of oxazole rings is 1. The Morgan fingerprint density at radius 3 is 2.66 bits per heavy atom. The number of ether oxygens (including phenoxy) is 1. The lowest BCUT2D eigenvalue weighted by Crippen LogP contribution is -2.63. The van der Waals surface area contributed by atoms with E-state index in [0.717, 1.165) is 15.6 Å². The first-order chi connectivity index (χ1) is 16.4. The molecule has 2 aromatic heterocycles. The first kappa shape index (κ1) is 24.7. The smallest absolute Gasteiger partial charge is 0.330 e. The number of primary amides is 1. The molecule has 2 amide bonds. The molecule has 0 aliphatic carbocycles. The number of nitrogens with zero attached hydrogens (tertiary/aromatic N) is 3. The Hall–Kier alpha value is -3.45. The fourth-order valence-corrected chi connectivity index (χ4v) is 7.25. The van der Waals surface area contributed by atoms with Gasteiger partial charge in [0, 0.05) is 6.54 Å². The van der Waals surface area contributed by atoms with Gasteiger partial charge in [-0.15, -0.1) is 11.3 Å². The Morgan fingerprint density at radius 1 is 1.34 bits per heavy atom. The molecular formula is C22H23FN4O6S2. The lowest BCUT2D eigenvalue weighted by Gasteiger charge is -2.42. The molecule has 3 aromatic rings. The molecule has 10 nitrogen and oxygen atoms in total. The van der Waals surface area contributed by atoms with Crippen molar-refractivity contribution in [3.05, 3.63) is 53.2 Å². The predicted molar refractivity (Wildman–Crippen MR) is 127 cm³/mol. The molecule has 2 N–H and O–H groups in total. The van der Waals surface area contributed by atoms with Crippen LogP contribution in [0.5, 0.6) is 5.75 Å². The Bertz CT molecular complexity index is 1420. The molecule has 186 valence electrons. The van der Waals surface area contributed by atoms with Crippen molar-refractivity contribution in [3.63, 3.8) is 0 Å². The first-order valence-corrected chi connectivity index (χ1v) is 12.7. The molecule has 0 fully saturated rings. The number of carbonyl (C=O) groups excluding carboxylic acids is 2. The summed E-state index contributed by atoms with van der Waals surface area (Å²) < 4.78 is 53.6. The molecule has 0 bridgehead atoms. The number of amides is 2. The average Bonchev–Trinajstić information content (AvgIpc) is 3.41. The number of benzene rings is 1. The monoisotopic (exact) mass is 522 g/mol. The highest BCUT2D eigenvalue weighted by Gasteiger charge is 2.53.